The molecular weight excluding hydrogens is 124 g/mol. The molecular formula is C9H14O. The van der Waals surface area contributed by atoms with Crippen molar-refractivity contribution in [2.75, 3.05) is 6.61 Å². The van der Waals surface area contributed by atoms with Gasteiger partial charge in [0.25, 0.3) is 0 Å². The van der Waals surface area contributed by atoms with Crippen LogP contribution in [0.25, 0.3) is 0 Å². The Hall–Kier alpha value is -0.740. The molecule has 1 unspecified atom stereocenters. The molecule has 0 amide bonds. The summed E-state index contributed by atoms with van der Waals surface area (Å²) in [6.07, 6.45) is 3.37. The Morgan fingerprint density at radius 2 is 2.40 bits per heavy atom. The minimum absolute atomic E-state index is 0.233. The lowest BCUT2D eigenvalue weighted by molar-refractivity contribution is 0.290. The fourth-order valence-electron chi connectivity index (χ4n) is 0.460. The summed E-state index contributed by atoms with van der Waals surface area (Å²) in [6, 6.07) is 0. The summed E-state index contributed by atoms with van der Waals surface area (Å²) in [6.45, 7) is 5.84. The highest BCUT2D eigenvalue weighted by Gasteiger charge is 1.84. The van der Waals surface area contributed by atoms with E-state index in [-0.39, 0.29) is 12.5 Å². The lowest BCUT2D eigenvalue weighted by Crippen LogP contribution is -1.82. The zero-order chi connectivity index (χ0) is 7.82. The zero-order valence-electron chi connectivity index (χ0n) is 6.43. The number of rotatable bonds is 3. The van der Waals surface area contributed by atoms with Gasteiger partial charge in [-0.3, -0.25) is 0 Å². The van der Waals surface area contributed by atoms with Crippen LogP contribution in [0.15, 0.2) is 12.7 Å². The highest BCUT2D eigenvalue weighted by atomic mass is 16.2. The van der Waals surface area contributed by atoms with Crippen molar-refractivity contribution in [3.63, 3.8) is 0 Å². The number of aliphatic hydroxyl groups excluding tert-OH is 1. The van der Waals surface area contributed by atoms with Crippen LogP contribution in [-0.2, 0) is 0 Å². The van der Waals surface area contributed by atoms with E-state index < -0.39 is 0 Å². The normalized spacial score (nSPS) is 11.4. The first-order chi connectivity index (χ1) is 4.81. The minimum Gasteiger partial charge on any atom is -0.396 e. The van der Waals surface area contributed by atoms with Crippen molar-refractivity contribution in [3.05, 3.63) is 12.7 Å². The highest BCUT2D eigenvalue weighted by Crippen LogP contribution is 1.92. The third kappa shape index (κ3) is 5.40. The van der Waals surface area contributed by atoms with E-state index in [1.807, 2.05) is 13.0 Å². The predicted octanol–water partition coefficient (Wildman–Crippen LogP) is 1.58. The molecule has 0 fully saturated rings. The van der Waals surface area contributed by atoms with Crippen LogP contribution in [0.3, 0.4) is 0 Å². The van der Waals surface area contributed by atoms with Gasteiger partial charge in [-0.15, -0.1) is 12.5 Å². The Morgan fingerprint density at radius 1 is 1.70 bits per heavy atom. The maximum absolute atomic E-state index is 8.40. The lowest BCUT2D eigenvalue weighted by Gasteiger charge is -1.89. The molecule has 0 aliphatic rings. The Labute approximate surface area is 62.8 Å². The first-order valence-corrected chi connectivity index (χ1v) is 3.53. The Bertz CT molecular complexity index is 139. The van der Waals surface area contributed by atoms with Gasteiger partial charge in [0.15, 0.2) is 0 Å². The average molecular weight is 138 g/mol. The number of aliphatic hydroxyl groups is 1. The summed E-state index contributed by atoms with van der Waals surface area (Å²) in [5.74, 6) is 6.22. The molecule has 1 atom stereocenters. The third-order valence-corrected chi connectivity index (χ3v) is 1.14. The molecule has 0 spiro atoms. The first kappa shape index (κ1) is 9.26. The number of unbranched alkanes of at least 4 members (excludes halogenated alkanes) is 1. The van der Waals surface area contributed by atoms with Crippen molar-refractivity contribution in [2.45, 2.75) is 19.8 Å². The predicted molar refractivity (Wildman–Crippen MR) is 43.5 cm³/mol. The van der Waals surface area contributed by atoms with Gasteiger partial charge in [0.2, 0.25) is 0 Å². The van der Waals surface area contributed by atoms with Gasteiger partial charge < -0.3 is 5.11 Å². The van der Waals surface area contributed by atoms with Gasteiger partial charge in [-0.05, 0) is 13.3 Å². The highest BCUT2D eigenvalue weighted by molar-refractivity contribution is 5.07. The second-order valence-electron chi connectivity index (χ2n) is 2.17. The number of allylic oxidation sites excluding steroid dienone is 1. The molecule has 0 saturated heterocycles. The van der Waals surface area contributed by atoms with E-state index in [2.05, 4.69) is 18.4 Å². The van der Waals surface area contributed by atoms with Crippen LogP contribution in [0.2, 0.25) is 0 Å². The largest absolute Gasteiger partial charge is 0.396 e. The molecule has 10 heavy (non-hydrogen) atoms. The molecule has 0 aromatic carbocycles. The standard InChI is InChI=1S/C9H14O/c1-3-9(2)7-5-4-6-8-10/h3,9-10H,1,4,6,8H2,2H3. The van der Waals surface area contributed by atoms with Crippen molar-refractivity contribution in [3.8, 4) is 11.8 Å². The summed E-state index contributed by atoms with van der Waals surface area (Å²) in [5.41, 5.74) is 0. The fourth-order valence-corrected chi connectivity index (χ4v) is 0.460. The molecule has 0 saturated carbocycles. The molecule has 0 aliphatic carbocycles. The fraction of sp³-hybridized carbons (Fsp3) is 0.556. The van der Waals surface area contributed by atoms with Crippen molar-refractivity contribution in [2.24, 2.45) is 5.92 Å². The monoisotopic (exact) mass is 138 g/mol. The average Bonchev–Trinajstić information content (AvgIpc) is 1.98. The van der Waals surface area contributed by atoms with E-state index >= 15 is 0 Å². The zero-order valence-corrected chi connectivity index (χ0v) is 6.43. The van der Waals surface area contributed by atoms with E-state index in [1.165, 1.54) is 0 Å². The van der Waals surface area contributed by atoms with E-state index in [0.717, 1.165) is 12.8 Å². The van der Waals surface area contributed by atoms with Crippen LogP contribution in [0.5, 0.6) is 0 Å². The van der Waals surface area contributed by atoms with Crippen LogP contribution < -0.4 is 0 Å². The summed E-state index contributed by atoms with van der Waals surface area (Å²) in [4.78, 5) is 0. The van der Waals surface area contributed by atoms with Gasteiger partial charge in [-0.2, -0.15) is 0 Å². The SMILES string of the molecule is C=CC(C)C#CCCCO. The Balaban J connectivity index is 3.38. The second-order valence-corrected chi connectivity index (χ2v) is 2.17. The molecule has 1 nitrogen and oxygen atoms in total. The maximum atomic E-state index is 8.40. The molecule has 0 aliphatic heterocycles. The van der Waals surface area contributed by atoms with Crippen LogP contribution in [-0.4, -0.2) is 11.7 Å². The minimum atomic E-state index is 0.233. The van der Waals surface area contributed by atoms with Gasteiger partial charge in [0.05, 0.1) is 0 Å². The Morgan fingerprint density at radius 3 is 2.90 bits per heavy atom. The summed E-state index contributed by atoms with van der Waals surface area (Å²) < 4.78 is 0. The van der Waals surface area contributed by atoms with Gasteiger partial charge in [0, 0.05) is 18.9 Å². The second kappa shape index (κ2) is 6.38. The van der Waals surface area contributed by atoms with Gasteiger partial charge in [-0.1, -0.05) is 12.0 Å². The van der Waals surface area contributed by atoms with Crippen molar-refractivity contribution < 1.29 is 5.11 Å². The summed E-state index contributed by atoms with van der Waals surface area (Å²) >= 11 is 0. The smallest absolute Gasteiger partial charge is 0.0440 e. The summed E-state index contributed by atoms with van der Waals surface area (Å²) in [7, 11) is 0. The van der Waals surface area contributed by atoms with Crippen LogP contribution in [0, 0.1) is 17.8 Å². The molecule has 0 rings (SSSR count). The molecule has 0 heterocycles. The van der Waals surface area contributed by atoms with Gasteiger partial charge in [0.1, 0.15) is 0 Å². The molecule has 56 valence electrons. The van der Waals surface area contributed by atoms with E-state index in [0.29, 0.717) is 0 Å². The van der Waals surface area contributed by atoms with Crippen LogP contribution in [0.4, 0.5) is 0 Å². The molecule has 0 aromatic rings. The Kier molecular flexibility index (Phi) is 5.91. The third-order valence-electron chi connectivity index (χ3n) is 1.14. The van der Waals surface area contributed by atoms with E-state index in [1.54, 1.807) is 0 Å². The van der Waals surface area contributed by atoms with Crippen molar-refractivity contribution in [1.82, 2.24) is 0 Å². The van der Waals surface area contributed by atoms with Crippen molar-refractivity contribution >= 4 is 0 Å². The molecule has 0 bridgehead atoms. The topological polar surface area (TPSA) is 20.2 Å². The van der Waals surface area contributed by atoms with Crippen LogP contribution in [0.1, 0.15) is 19.8 Å². The first-order valence-electron chi connectivity index (χ1n) is 3.53. The summed E-state index contributed by atoms with van der Waals surface area (Å²) in [5, 5.41) is 8.40. The number of hydrogen-bond donors (Lipinski definition) is 1. The van der Waals surface area contributed by atoms with E-state index in [4.69, 9.17) is 5.11 Å². The molecule has 0 aromatic heterocycles. The maximum Gasteiger partial charge on any atom is 0.0440 e. The van der Waals surface area contributed by atoms with E-state index in [9.17, 15) is 0 Å². The van der Waals surface area contributed by atoms with Gasteiger partial charge >= 0.3 is 0 Å². The number of hydrogen-bond acceptors (Lipinski definition) is 1. The lowest BCUT2D eigenvalue weighted by atomic mass is 10.2. The van der Waals surface area contributed by atoms with Crippen molar-refractivity contribution in [1.29, 1.82) is 0 Å². The molecule has 0 radical (unpaired) electrons. The molecule has 1 N–H and O–H groups in total. The molecule has 1 heteroatoms. The van der Waals surface area contributed by atoms with Crippen LogP contribution >= 0.6 is 0 Å². The quantitative estimate of drug-likeness (QED) is 0.356. The van der Waals surface area contributed by atoms with Gasteiger partial charge in [-0.25, -0.2) is 0 Å².